The van der Waals surface area contributed by atoms with Gasteiger partial charge in [-0.05, 0) is 25.8 Å². The van der Waals surface area contributed by atoms with Gasteiger partial charge in [-0.3, -0.25) is 0 Å². The van der Waals surface area contributed by atoms with Gasteiger partial charge in [-0.25, -0.2) is 4.39 Å². The van der Waals surface area contributed by atoms with E-state index in [4.69, 9.17) is 0 Å². The van der Waals surface area contributed by atoms with Gasteiger partial charge in [0.1, 0.15) is 5.82 Å². The molecule has 0 fully saturated rings. The van der Waals surface area contributed by atoms with Crippen molar-refractivity contribution in [2.24, 2.45) is 0 Å². The third-order valence-electron chi connectivity index (χ3n) is 2.31. The van der Waals surface area contributed by atoms with E-state index in [2.05, 4.69) is 5.32 Å². The third-order valence-corrected chi connectivity index (χ3v) is 2.98. The Bertz CT molecular complexity index is 308. The van der Waals surface area contributed by atoms with Crippen LogP contribution >= 0.6 is 11.8 Å². The number of hydrogen-bond acceptors (Lipinski definition) is 2. The van der Waals surface area contributed by atoms with E-state index in [0.717, 1.165) is 23.4 Å². The van der Waals surface area contributed by atoms with E-state index in [9.17, 15) is 4.39 Å². The monoisotopic (exact) mass is 227 g/mol. The quantitative estimate of drug-likeness (QED) is 0.829. The molecule has 0 saturated carbocycles. The van der Waals surface area contributed by atoms with Crippen molar-refractivity contribution in [2.45, 2.75) is 19.9 Å². The van der Waals surface area contributed by atoms with Crippen molar-refractivity contribution in [1.82, 2.24) is 5.32 Å². The van der Waals surface area contributed by atoms with Gasteiger partial charge in [0.2, 0.25) is 0 Å². The average Bonchev–Trinajstić information content (AvgIpc) is 2.21. The molecule has 0 spiro atoms. The average molecular weight is 227 g/mol. The maximum Gasteiger partial charge on any atom is 0.128 e. The molecule has 0 aliphatic carbocycles. The molecule has 0 aliphatic rings. The molecule has 0 saturated heterocycles. The van der Waals surface area contributed by atoms with Crippen LogP contribution in [0.1, 0.15) is 24.1 Å². The molecule has 0 radical (unpaired) electrons. The van der Waals surface area contributed by atoms with Crippen molar-refractivity contribution in [1.29, 1.82) is 0 Å². The SMILES string of the molecule is CCNC(CSC)c1cc(C)ccc1F. The van der Waals surface area contributed by atoms with Gasteiger partial charge < -0.3 is 5.32 Å². The first-order valence-electron chi connectivity index (χ1n) is 5.17. The molecule has 15 heavy (non-hydrogen) atoms. The predicted molar refractivity (Wildman–Crippen MR) is 65.9 cm³/mol. The van der Waals surface area contributed by atoms with Crippen molar-refractivity contribution in [3.05, 3.63) is 35.1 Å². The topological polar surface area (TPSA) is 12.0 Å². The standard InChI is InChI=1S/C12H18FNS/c1-4-14-12(8-15-3)10-7-9(2)5-6-11(10)13/h5-7,12,14H,4,8H2,1-3H3. The fourth-order valence-corrected chi connectivity index (χ4v) is 2.23. The van der Waals surface area contributed by atoms with Gasteiger partial charge in [0.05, 0.1) is 0 Å². The molecule has 1 N–H and O–H groups in total. The second-order valence-corrected chi connectivity index (χ2v) is 4.50. The highest BCUT2D eigenvalue weighted by Gasteiger charge is 2.13. The number of thioether (sulfide) groups is 1. The van der Waals surface area contributed by atoms with Crippen LogP contribution in [0.3, 0.4) is 0 Å². The molecule has 1 atom stereocenters. The molecule has 84 valence electrons. The smallest absolute Gasteiger partial charge is 0.128 e. The van der Waals surface area contributed by atoms with Crippen LogP contribution in [0.5, 0.6) is 0 Å². The van der Waals surface area contributed by atoms with Crippen LogP contribution in [0.4, 0.5) is 4.39 Å². The molecule has 0 aromatic heterocycles. The summed E-state index contributed by atoms with van der Waals surface area (Å²) in [6.07, 6.45) is 2.04. The summed E-state index contributed by atoms with van der Waals surface area (Å²) < 4.78 is 13.6. The lowest BCUT2D eigenvalue weighted by Crippen LogP contribution is -2.24. The Kier molecular flexibility index (Phi) is 5.12. The van der Waals surface area contributed by atoms with Crippen LogP contribution in [-0.2, 0) is 0 Å². The molecule has 0 heterocycles. The molecule has 1 unspecified atom stereocenters. The summed E-state index contributed by atoms with van der Waals surface area (Å²) in [5.41, 5.74) is 1.89. The highest BCUT2D eigenvalue weighted by atomic mass is 32.2. The van der Waals surface area contributed by atoms with Gasteiger partial charge >= 0.3 is 0 Å². The summed E-state index contributed by atoms with van der Waals surface area (Å²) in [5.74, 6) is 0.786. The summed E-state index contributed by atoms with van der Waals surface area (Å²) in [4.78, 5) is 0. The first kappa shape index (κ1) is 12.5. The Morgan fingerprint density at radius 1 is 1.47 bits per heavy atom. The summed E-state index contributed by atoms with van der Waals surface area (Å²) in [6.45, 7) is 4.89. The molecule has 1 aromatic rings. The molecule has 0 amide bonds. The Morgan fingerprint density at radius 2 is 2.20 bits per heavy atom. The number of nitrogens with one attached hydrogen (secondary N) is 1. The van der Waals surface area contributed by atoms with E-state index in [-0.39, 0.29) is 11.9 Å². The van der Waals surface area contributed by atoms with Crippen LogP contribution in [0.15, 0.2) is 18.2 Å². The fraction of sp³-hybridized carbons (Fsp3) is 0.500. The number of benzene rings is 1. The molecule has 1 aromatic carbocycles. The summed E-state index contributed by atoms with van der Waals surface area (Å²) in [6, 6.07) is 5.40. The molecule has 0 bridgehead atoms. The van der Waals surface area contributed by atoms with Gasteiger partial charge in [0.25, 0.3) is 0 Å². The number of rotatable bonds is 5. The minimum Gasteiger partial charge on any atom is -0.309 e. The summed E-state index contributed by atoms with van der Waals surface area (Å²) >= 11 is 1.73. The Balaban J connectivity index is 2.93. The largest absolute Gasteiger partial charge is 0.309 e. The van der Waals surface area contributed by atoms with Crippen molar-refractivity contribution in [3.8, 4) is 0 Å². The second-order valence-electron chi connectivity index (χ2n) is 3.59. The van der Waals surface area contributed by atoms with Crippen LogP contribution in [0.25, 0.3) is 0 Å². The Morgan fingerprint density at radius 3 is 2.80 bits per heavy atom. The van der Waals surface area contributed by atoms with Gasteiger partial charge in [0, 0.05) is 17.4 Å². The zero-order chi connectivity index (χ0) is 11.3. The first-order valence-corrected chi connectivity index (χ1v) is 6.56. The Hall–Kier alpha value is -0.540. The second kappa shape index (κ2) is 6.13. The van der Waals surface area contributed by atoms with Crippen molar-refractivity contribution >= 4 is 11.8 Å². The van der Waals surface area contributed by atoms with Crippen molar-refractivity contribution < 1.29 is 4.39 Å². The van der Waals surface area contributed by atoms with Crippen molar-refractivity contribution in [3.63, 3.8) is 0 Å². The maximum atomic E-state index is 13.6. The van der Waals surface area contributed by atoms with Gasteiger partial charge in [-0.2, -0.15) is 11.8 Å². The number of aryl methyl sites for hydroxylation is 1. The maximum absolute atomic E-state index is 13.6. The lowest BCUT2D eigenvalue weighted by Gasteiger charge is -2.18. The van der Waals surface area contributed by atoms with Crippen molar-refractivity contribution in [2.75, 3.05) is 18.6 Å². The Labute approximate surface area is 95.5 Å². The summed E-state index contributed by atoms with van der Waals surface area (Å²) in [7, 11) is 0. The molecule has 1 rings (SSSR count). The lowest BCUT2D eigenvalue weighted by atomic mass is 10.0. The predicted octanol–water partition coefficient (Wildman–Crippen LogP) is 3.15. The number of hydrogen-bond donors (Lipinski definition) is 1. The van der Waals surface area contributed by atoms with E-state index in [1.807, 2.05) is 26.2 Å². The zero-order valence-corrected chi connectivity index (χ0v) is 10.3. The van der Waals surface area contributed by atoms with E-state index < -0.39 is 0 Å². The van der Waals surface area contributed by atoms with Crippen LogP contribution in [0.2, 0.25) is 0 Å². The zero-order valence-electron chi connectivity index (χ0n) is 9.51. The van der Waals surface area contributed by atoms with E-state index in [0.29, 0.717) is 0 Å². The molecular weight excluding hydrogens is 209 g/mol. The van der Waals surface area contributed by atoms with E-state index >= 15 is 0 Å². The number of halogens is 1. The van der Waals surface area contributed by atoms with Gasteiger partial charge in [-0.1, -0.05) is 24.6 Å². The molecule has 3 heteroatoms. The molecule has 1 nitrogen and oxygen atoms in total. The summed E-state index contributed by atoms with van der Waals surface area (Å²) in [5, 5.41) is 3.31. The minimum atomic E-state index is -0.111. The van der Waals surface area contributed by atoms with E-state index in [1.54, 1.807) is 23.9 Å². The highest BCUT2D eigenvalue weighted by Crippen LogP contribution is 2.21. The minimum absolute atomic E-state index is 0.111. The van der Waals surface area contributed by atoms with Gasteiger partial charge in [0.15, 0.2) is 0 Å². The fourth-order valence-electron chi connectivity index (χ4n) is 1.60. The highest BCUT2D eigenvalue weighted by molar-refractivity contribution is 7.98. The van der Waals surface area contributed by atoms with E-state index in [1.165, 1.54) is 0 Å². The molecular formula is C12H18FNS. The van der Waals surface area contributed by atoms with Gasteiger partial charge in [-0.15, -0.1) is 0 Å². The normalized spacial score (nSPS) is 12.8. The first-order chi connectivity index (χ1) is 7.19. The third kappa shape index (κ3) is 3.50. The molecule has 0 aliphatic heterocycles. The van der Waals surface area contributed by atoms with Crippen LogP contribution in [0, 0.1) is 12.7 Å². The van der Waals surface area contributed by atoms with Crippen LogP contribution in [-0.4, -0.2) is 18.6 Å². The lowest BCUT2D eigenvalue weighted by molar-refractivity contribution is 0.545. The van der Waals surface area contributed by atoms with Crippen LogP contribution < -0.4 is 5.32 Å².